The zero-order valence-electron chi connectivity index (χ0n) is 19.5. The molecule has 4 rings (SSSR count). The number of nitrogens with zero attached hydrogens (tertiary/aromatic N) is 4. The van der Waals surface area contributed by atoms with Crippen LogP contribution in [0.2, 0.25) is 0 Å². The molecule has 38 heavy (non-hydrogen) atoms. The molecule has 0 radical (unpaired) electrons. The molecule has 0 aliphatic carbocycles. The summed E-state index contributed by atoms with van der Waals surface area (Å²) in [6, 6.07) is 10.8. The number of oxazole rings is 1. The van der Waals surface area contributed by atoms with Crippen LogP contribution in [0.25, 0.3) is 11.5 Å². The molecule has 1 saturated heterocycles. The van der Waals surface area contributed by atoms with Gasteiger partial charge in [-0.05, 0) is 23.8 Å². The molecule has 1 aliphatic heterocycles. The number of alkyl halides is 6. The highest BCUT2D eigenvalue weighted by molar-refractivity contribution is 5.96. The maximum absolute atomic E-state index is 13.5. The molecular formula is C24H20F6N4O4. The van der Waals surface area contributed by atoms with Gasteiger partial charge in [0.15, 0.2) is 5.69 Å². The van der Waals surface area contributed by atoms with E-state index in [1.807, 2.05) is 0 Å². The highest BCUT2D eigenvalue weighted by Crippen LogP contribution is 2.35. The number of aromatic nitrogens is 2. The van der Waals surface area contributed by atoms with Gasteiger partial charge in [-0.1, -0.05) is 24.3 Å². The van der Waals surface area contributed by atoms with Gasteiger partial charge in [0, 0.05) is 44.4 Å². The van der Waals surface area contributed by atoms with Crippen LogP contribution in [0.4, 0.5) is 32.2 Å². The number of hydrogen-bond donors (Lipinski definition) is 1. The van der Waals surface area contributed by atoms with Crippen LogP contribution >= 0.6 is 0 Å². The van der Waals surface area contributed by atoms with Crippen molar-refractivity contribution < 1.29 is 45.5 Å². The third-order valence-electron chi connectivity index (χ3n) is 5.80. The van der Waals surface area contributed by atoms with Gasteiger partial charge in [0.2, 0.25) is 23.5 Å². The van der Waals surface area contributed by atoms with Crippen LogP contribution in [0.1, 0.15) is 21.8 Å². The molecule has 202 valence electrons. The molecule has 0 saturated carbocycles. The van der Waals surface area contributed by atoms with Crippen molar-refractivity contribution in [2.75, 3.05) is 31.1 Å². The molecule has 8 nitrogen and oxygen atoms in total. The third-order valence-corrected chi connectivity index (χ3v) is 5.80. The highest BCUT2D eigenvalue weighted by Gasteiger charge is 2.46. The number of halogens is 6. The molecule has 0 bridgehead atoms. The number of benzene rings is 1. The van der Waals surface area contributed by atoms with E-state index < -0.39 is 48.0 Å². The number of hydrogen-bond acceptors (Lipinski definition) is 7. The monoisotopic (exact) mass is 542 g/mol. The number of rotatable bonds is 6. The number of pyridine rings is 1. The molecule has 3 heterocycles. The predicted molar refractivity (Wildman–Crippen MR) is 120 cm³/mol. The average Bonchev–Trinajstić information content (AvgIpc) is 3.35. The smallest absolute Gasteiger partial charge is 0.432 e. The Morgan fingerprint density at radius 3 is 2.18 bits per heavy atom. The van der Waals surface area contributed by atoms with Crippen LogP contribution in [0.5, 0.6) is 0 Å². The summed E-state index contributed by atoms with van der Waals surface area (Å²) in [5, 5.41) is 9.15. The molecule has 1 aromatic carbocycles. The van der Waals surface area contributed by atoms with Crippen LogP contribution in [0, 0.1) is 0 Å². The summed E-state index contributed by atoms with van der Waals surface area (Å²) in [6.45, 7) is 0.112. The minimum Gasteiger partial charge on any atom is -0.432 e. The fourth-order valence-corrected chi connectivity index (χ4v) is 3.85. The zero-order valence-corrected chi connectivity index (χ0v) is 19.5. The normalized spacial score (nSPS) is 15.4. The van der Waals surface area contributed by atoms with Crippen molar-refractivity contribution in [3.63, 3.8) is 0 Å². The molecule has 1 fully saturated rings. The number of Topliss-reactive ketones (excluding diaryl/α,β-unsaturated/α-hetero) is 1. The van der Waals surface area contributed by atoms with E-state index in [0.29, 0.717) is 11.4 Å². The Balaban J connectivity index is 1.42. The summed E-state index contributed by atoms with van der Waals surface area (Å²) < 4.78 is 83.6. The van der Waals surface area contributed by atoms with E-state index in [4.69, 9.17) is 9.52 Å². The second-order valence-electron chi connectivity index (χ2n) is 8.44. The van der Waals surface area contributed by atoms with E-state index in [-0.39, 0.29) is 37.6 Å². The van der Waals surface area contributed by atoms with Gasteiger partial charge in [-0.15, -0.1) is 0 Å². The fraction of sp³-hybridized carbons (Fsp3) is 0.333. The van der Waals surface area contributed by atoms with Crippen LogP contribution in [0.15, 0.2) is 53.1 Å². The number of aliphatic hydroxyl groups excluding tert-OH is 1. The first-order valence-corrected chi connectivity index (χ1v) is 11.2. The maximum Gasteiger partial charge on any atom is 0.437 e. The van der Waals surface area contributed by atoms with Crippen molar-refractivity contribution in [1.29, 1.82) is 0 Å². The largest absolute Gasteiger partial charge is 0.437 e. The van der Waals surface area contributed by atoms with Crippen molar-refractivity contribution in [3.05, 3.63) is 65.7 Å². The molecule has 2 aromatic heterocycles. The molecule has 1 N–H and O–H groups in total. The van der Waals surface area contributed by atoms with Crippen LogP contribution in [0.3, 0.4) is 0 Å². The summed E-state index contributed by atoms with van der Waals surface area (Å²) in [4.78, 5) is 34.8. The maximum atomic E-state index is 13.5. The Morgan fingerprint density at radius 2 is 1.63 bits per heavy atom. The van der Waals surface area contributed by atoms with Gasteiger partial charge in [0.25, 0.3) is 5.91 Å². The Kier molecular flexibility index (Phi) is 7.44. The lowest BCUT2D eigenvalue weighted by molar-refractivity contribution is -0.210. The summed E-state index contributed by atoms with van der Waals surface area (Å²) >= 11 is 0. The Hall–Kier alpha value is -3.94. The molecule has 14 heteroatoms. The number of carbonyl (C=O) groups excluding carboxylic acids is 2. The van der Waals surface area contributed by atoms with E-state index in [9.17, 15) is 35.9 Å². The van der Waals surface area contributed by atoms with Gasteiger partial charge in [-0.2, -0.15) is 26.3 Å². The first-order valence-electron chi connectivity index (χ1n) is 11.2. The van der Waals surface area contributed by atoms with Gasteiger partial charge in [0.1, 0.15) is 5.82 Å². The van der Waals surface area contributed by atoms with Crippen molar-refractivity contribution in [1.82, 2.24) is 14.9 Å². The fourth-order valence-electron chi connectivity index (χ4n) is 3.85. The molecule has 1 unspecified atom stereocenters. The molecule has 3 aromatic rings. The number of carbonyl (C=O) groups is 2. The van der Waals surface area contributed by atoms with Crippen molar-refractivity contribution >= 4 is 17.5 Å². The first kappa shape index (κ1) is 27.1. The van der Waals surface area contributed by atoms with Crippen LogP contribution in [-0.4, -0.2) is 70.1 Å². The van der Waals surface area contributed by atoms with E-state index in [1.54, 1.807) is 23.1 Å². The quantitative estimate of drug-likeness (QED) is 0.374. The molecule has 0 spiro atoms. The van der Waals surface area contributed by atoms with Gasteiger partial charge in [-0.25, -0.2) is 9.97 Å². The van der Waals surface area contributed by atoms with Gasteiger partial charge >= 0.3 is 12.4 Å². The zero-order chi connectivity index (χ0) is 27.7. The average molecular weight is 542 g/mol. The highest BCUT2D eigenvalue weighted by atomic mass is 19.4. The third kappa shape index (κ3) is 5.96. The van der Waals surface area contributed by atoms with Crippen LogP contribution in [-0.2, 0) is 17.4 Å². The summed E-state index contributed by atoms with van der Waals surface area (Å²) in [5.74, 6) is -3.24. The minimum absolute atomic E-state index is 0.0800. The Labute approximate surface area is 211 Å². The molecule has 1 amide bonds. The van der Waals surface area contributed by atoms with Crippen molar-refractivity contribution in [2.45, 2.75) is 24.9 Å². The number of ketones is 1. The minimum atomic E-state index is -5.06. The number of amides is 1. The lowest BCUT2D eigenvalue weighted by Gasteiger charge is -2.36. The van der Waals surface area contributed by atoms with E-state index in [1.165, 1.54) is 30.5 Å². The van der Waals surface area contributed by atoms with Gasteiger partial charge in [0.05, 0.1) is 0 Å². The Bertz CT molecular complexity index is 1280. The van der Waals surface area contributed by atoms with E-state index >= 15 is 0 Å². The Morgan fingerprint density at radius 1 is 0.974 bits per heavy atom. The second kappa shape index (κ2) is 10.4. The predicted octanol–water partition coefficient (Wildman–Crippen LogP) is 3.75. The topological polar surface area (TPSA) is 99.8 Å². The number of piperazine rings is 1. The SMILES string of the molecule is O=C(Cc1ccc(N2CCN(C(=O)C(O)C(F)(F)F)CC2)nc1)c1oc(-c2ccccc2)nc1C(F)(F)F. The van der Waals surface area contributed by atoms with Crippen molar-refractivity contribution in [2.24, 2.45) is 0 Å². The van der Waals surface area contributed by atoms with Gasteiger partial charge < -0.3 is 19.3 Å². The first-order chi connectivity index (χ1) is 17.8. The van der Waals surface area contributed by atoms with E-state index in [0.717, 1.165) is 4.90 Å². The number of aliphatic hydroxyl groups is 1. The summed E-state index contributed by atoms with van der Waals surface area (Å²) in [6.07, 6.45) is -12.2. The number of anilines is 1. The second-order valence-corrected chi connectivity index (χ2v) is 8.44. The van der Waals surface area contributed by atoms with Crippen molar-refractivity contribution in [3.8, 4) is 11.5 Å². The van der Waals surface area contributed by atoms with Crippen LogP contribution < -0.4 is 4.90 Å². The lowest BCUT2D eigenvalue weighted by Crippen LogP contribution is -2.54. The molecule has 1 atom stereocenters. The molecule has 1 aliphatic rings. The standard InChI is InChI=1S/C24H20F6N4O4/c25-23(26,27)19-18(38-21(32-19)15-4-2-1-3-5-15)16(35)12-14-6-7-17(31-13-14)33-8-10-34(11-9-33)22(37)20(36)24(28,29)30/h1-7,13,20,36H,8-12H2. The molecular weight excluding hydrogens is 522 g/mol. The van der Waals surface area contributed by atoms with Gasteiger partial charge in [-0.3, -0.25) is 9.59 Å². The summed E-state index contributed by atoms with van der Waals surface area (Å²) in [7, 11) is 0. The lowest BCUT2D eigenvalue weighted by atomic mass is 10.1. The van der Waals surface area contributed by atoms with E-state index in [2.05, 4.69) is 9.97 Å². The summed E-state index contributed by atoms with van der Waals surface area (Å²) in [5.41, 5.74) is -0.849.